The van der Waals surface area contributed by atoms with Gasteiger partial charge in [-0.05, 0) is 20.3 Å². The highest BCUT2D eigenvalue weighted by Crippen LogP contribution is 2.31. The Hall–Kier alpha value is -1.72. The van der Waals surface area contributed by atoms with Crippen LogP contribution in [0.2, 0.25) is 0 Å². The maximum Gasteiger partial charge on any atom is 0.312 e. The summed E-state index contributed by atoms with van der Waals surface area (Å²) in [4.78, 5) is 21.6. The van der Waals surface area contributed by atoms with Gasteiger partial charge in [-0.15, -0.1) is 0 Å². The van der Waals surface area contributed by atoms with Crippen molar-refractivity contribution in [3.05, 3.63) is 21.5 Å². The Bertz CT molecular complexity index is 464. The first-order valence-corrected chi connectivity index (χ1v) is 5.22. The molecule has 1 unspecified atom stereocenters. The molecular weight excluding hydrogens is 210 g/mol. The van der Waals surface area contributed by atoms with Gasteiger partial charge in [-0.2, -0.15) is 5.10 Å². The summed E-state index contributed by atoms with van der Waals surface area (Å²) < 4.78 is 1.64. The van der Waals surface area contributed by atoms with E-state index in [9.17, 15) is 14.9 Å². The second kappa shape index (κ2) is 3.70. The van der Waals surface area contributed by atoms with Crippen molar-refractivity contribution in [3.8, 4) is 0 Å². The summed E-state index contributed by atoms with van der Waals surface area (Å²) in [5.74, 6) is 0.209. The van der Waals surface area contributed by atoms with Gasteiger partial charge in [0.15, 0.2) is 0 Å². The SMILES string of the molecule is Cc1nn(C2CCC(=O)C2)c(C)c1[N+](=O)[O-]. The van der Waals surface area contributed by atoms with Crippen LogP contribution in [0.25, 0.3) is 0 Å². The molecule has 0 aliphatic heterocycles. The second-order valence-electron chi connectivity index (χ2n) is 4.16. The van der Waals surface area contributed by atoms with E-state index < -0.39 is 4.92 Å². The zero-order chi connectivity index (χ0) is 11.9. The van der Waals surface area contributed by atoms with Gasteiger partial charge < -0.3 is 0 Å². The molecule has 0 N–H and O–H groups in total. The van der Waals surface area contributed by atoms with Gasteiger partial charge in [0.05, 0.1) is 11.0 Å². The summed E-state index contributed by atoms with van der Waals surface area (Å²) in [7, 11) is 0. The average Bonchev–Trinajstić information content (AvgIpc) is 2.70. The smallest absolute Gasteiger partial charge is 0.300 e. The lowest BCUT2D eigenvalue weighted by Crippen LogP contribution is -2.09. The molecule has 0 spiro atoms. The van der Waals surface area contributed by atoms with E-state index in [-0.39, 0.29) is 17.5 Å². The lowest BCUT2D eigenvalue weighted by atomic mass is 10.2. The van der Waals surface area contributed by atoms with Crippen LogP contribution in [-0.2, 0) is 4.79 Å². The van der Waals surface area contributed by atoms with Crippen molar-refractivity contribution in [2.24, 2.45) is 0 Å². The minimum atomic E-state index is -0.412. The Labute approximate surface area is 92.4 Å². The minimum Gasteiger partial charge on any atom is -0.300 e. The Kier molecular flexibility index (Phi) is 2.49. The summed E-state index contributed by atoms with van der Waals surface area (Å²) in [5, 5.41) is 15.0. The number of rotatable bonds is 2. The van der Waals surface area contributed by atoms with Crippen molar-refractivity contribution in [1.82, 2.24) is 9.78 Å². The maximum absolute atomic E-state index is 11.2. The molecule has 1 saturated carbocycles. The van der Waals surface area contributed by atoms with Crippen molar-refractivity contribution in [2.45, 2.75) is 39.2 Å². The van der Waals surface area contributed by atoms with Gasteiger partial charge in [0.25, 0.3) is 0 Å². The van der Waals surface area contributed by atoms with E-state index in [2.05, 4.69) is 5.10 Å². The van der Waals surface area contributed by atoms with Crippen LogP contribution >= 0.6 is 0 Å². The molecule has 0 aromatic carbocycles. The molecule has 0 bridgehead atoms. The fourth-order valence-electron chi connectivity index (χ4n) is 2.28. The number of carbonyl (C=O) groups is 1. The topological polar surface area (TPSA) is 78.0 Å². The summed E-state index contributed by atoms with van der Waals surface area (Å²) >= 11 is 0. The van der Waals surface area contributed by atoms with Crippen molar-refractivity contribution in [2.75, 3.05) is 0 Å². The average molecular weight is 223 g/mol. The van der Waals surface area contributed by atoms with Gasteiger partial charge >= 0.3 is 5.69 Å². The number of nitro groups is 1. The highest BCUT2D eigenvalue weighted by Gasteiger charge is 2.30. The fraction of sp³-hybridized carbons (Fsp3) is 0.600. The molecule has 1 fully saturated rings. The van der Waals surface area contributed by atoms with Crippen LogP contribution in [0.4, 0.5) is 5.69 Å². The summed E-state index contributed by atoms with van der Waals surface area (Å²) in [5.41, 5.74) is 1.03. The van der Waals surface area contributed by atoms with Crippen LogP contribution in [0.3, 0.4) is 0 Å². The predicted octanol–water partition coefficient (Wildman–Crippen LogP) is 1.70. The standard InChI is InChI=1S/C10H13N3O3/c1-6-10(13(15)16)7(2)12(11-6)8-3-4-9(14)5-8/h8H,3-5H2,1-2H3. The molecule has 1 aliphatic rings. The number of carbonyl (C=O) groups excluding carboxylic acids is 1. The van der Waals surface area contributed by atoms with Crippen molar-refractivity contribution < 1.29 is 9.72 Å². The van der Waals surface area contributed by atoms with E-state index >= 15 is 0 Å². The molecule has 0 radical (unpaired) electrons. The Morgan fingerprint density at radius 1 is 1.50 bits per heavy atom. The molecule has 2 rings (SSSR count). The Morgan fingerprint density at radius 3 is 2.62 bits per heavy atom. The number of hydrogen-bond donors (Lipinski definition) is 0. The quantitative estimate of drug-likeness (QED) is 0.564. The lowest BCUT2D eigenvalue weighted by Gasteiger charge is -2.09. The first kappa shape index (κ1) is 10.8. The van der Waals surface area contributed by atoms with Gasteiger partial charge in [-0.3, -0.25) is 19.6 Å². The number of ketones is 1. The molecule has 1 aromatic heterocycles. The monoisotopic (exact) mass is 223 g/mol. The van der Waals surface area contributed by atoms with Crippen molar-refractivity contribution in [3.63, 3.8) is 0 Å². The summed E-state index contributed by atoms with van der Waals surface area (Å²) in [6, 6.07) is -0.0000926. The van der Waals surface area contributed by atoms with Gasteiger partial charge in [0, 0.05) is 12.8 Å². The van der Waals surface area contributed by atoms with Gasteiger partial charge in [0.2, 0.25) is 0 Å². The molecule has 86 valence electrons. The zero-order valence-electron chi connectivity index (χ0n) is 9.27. The largest absolute Gasteiger partial charge is 0.312 e. The van der Waals surface area contributed by atoms with E-state index in [1.165, 1.54) is 0 Å². The number of hydrogen-bond acceptors (Lipinski definition) is 4. The summed E-state index contributed by atoms with van der Waals surface area (Å²) in [6.45, 7) is 3.30. The molecule has 0 saturated heterocycles. The van der Waals surface area contributed by atoms with E-state index in [4.69, 9.17) is 0 Å². The second-order valence-corrected chi connectivity index (χ2v) is 4.16. The number of nitrogens with zero attached hydrogens (tertiary/aromatic N) is 3. The molecule has 16 heavy (non-hydrogen) atoms. The van der Waals surface area contributed by atoms with Crippen LogP contribution in [0.15, 0.2) is 0 Å². The third-order valence-electron chi connectivity index (χ3n) is 3.03. The molecule has 6 nitrogen and oxygen atoms in total. The third kappa shape index (κ3) is 1.60. The van der Waals surface area contributed by atoms with Crippen LogP contribution in [0.5, 0.6) is 0 Å². The van der Waals surface area contributed by atoms with E-state index in [1.54, 1.807) is 18.5 Å². The Morgan fingerprint density at radius 2 is 2.19 bits per heavy atom. The normalized spacial score (nSPS) is 20.4. The molecule has 1 aliphatic carbocycles. The lowest BCUT2D eigenvalue weighted by molar-refractivity contribution is -0.386. The number of aromatic nitrogens is 2. The maximum atomic E-state index is 11.2. The molecule has 0 amide bonds. The fourth-order valence-corrected chi connectivity index (χ4v) is 2.28. The molecule has 1 atom stereocenters. The van der Waals surface area contributed by atoms with E-state index in [0.717, 1.165) is 6.42 Å². The highest BCUT2D eigenvalue weighted by molar-refractivity contribution is 5.80. The number of Topliss-reactive ketones (excluding diaryl/α,β-unsaturated/α-hetero) is 1. The van der Waals surface area contributed by atoms with Crippen LogP contribution in [-0.4, -0.2) is 20.5 Å². The highest BCUT2D eigenvalue weighted by atomic mass is 16.6. The van der Waals surface area contributed by atoms with Gasteiger partial charge in [-0.1, -0.05) is 0 Å². The molecule has 1 heterocycles. The van der Waals surface area contributed by atoms with E-state index in [0.29, 0.717) is 24.2 Å². The van der Waals surface area contributed by atoms with Gasteiger partial charge in [0.1, 0.15) is 17.2 Å². The number of aryl methyl sites for hydroxylation is 1. The Balaban J connectivity index is 2.39. The first-order chi connectivity index (χ1) is 7.50. The van der Waals surface area contributed by atoms with Crippen LogP contribution in [0.1, 0.15) is 36.7 Å². The summed E-state index contributed by atoms with van der Waals surface area (Å²) in [6.07, 6.45) is 1.73. The van der Waals surface area contributed by atoms with Crippen LogP contribution < -0.4 is 0 Å². The third-order valence-corrected chi connectivity index (χ3v) is 3.03. The van der Waals surface area contributed by atoms with Crippen molar-refractivity contribution in [1.29, 1.82) is 0 Å². The first-order valence-electron chi connectivity index (χ1n) is 5.22. The van der Waals surface area contributed by atoms with E-state index in [1.807, 2.05) is 0 Å². The zero-order valence-corrected chi connectivity index (χ0v) is 9.27. The minimum absolute atomic E-state index is 0.0000926. The molecule has 6 heteroatoms. The van der Waals surface area contributed by atoms with Gasteiger partial charge in [-0.25, -0.2) is 0 Å². The van der Waals surface area contributed by atoms with Crippen LogP contribution in [0, 0.1) is 24.0 Å². The van der Waals surface area contributed by atoms with Crippen molar-refractivity contribution >= 4 is 11.5 Å². The molecule has 1 aromatic rings. The molecular formula is C10H13N3O3. The predicted molar refractivity (Wildman–Crippen MR) is 56.3 cm³/mol.